The Morgan fingerprint density at radius 3 is 1.40 bits per heavy atom. The monoisotopic (exact) mass is 566 g/mol. The highest BCUT2D eigenvalue weighted by atomic mass is 17.5. The van der Waals surface area contributed by atoms with Gasteiger partial charge in [-0.15, -0.1) is 0 Å². The molecule has 0 heterocycles. The summed E-state index contributed by atoms with van der Waals surface area (Å²) in [6.45, 7) is 4.48. The molecule has 0 fully saturated rings. The summed E-state index contributed by atoms with van der Waals surface area (Å²) >= 11 is 0. The molecule has 2 aromatic rings. The van der Waals surface area contributed by atoms with Gasteiger partial charge in [0.15, 0.2) is 0 Å². The van der Waals surface area contributed by atoms with Gasteiger partial charge < -0.3 is 18.9 Å². The molecule has 14 nitrogen and oxygen atoms in total. The van der Waals surface area contributed by atoms with Crippen LogP contribution in [0, 0.1) is 0 Å². The third kappa shape index (κ3) is 12.8. The second-order valence-corrected chi connectivity index (χ2v) is 7.58. The molecule has 218 valence electrons. The maximum atomic E-state index is 11.9. The molecule has 0 radical (unpaired) electrons. The number of unbranched alkanes of at least 4 members (excludes halogenated alkanes) is 3. The van der Waals surface area contributed by atoms with E-state index in [4.69, 9.17) is 18.9 Å². The summed E-state index contributed by atoms with van der Waals surface area (Å²) in [5.41, 5.74) is 0.270. The highest BCUT2D eigenvalue weighted by molar-refractivity contribution is 5.89. The van der Waals surface area contributed by atoms with Gasteiger partial charge in [-0.25, -0.2) is 29.0 Å². The average molecular weight is 567 g/mol. The van der Waals surface area contributed by atoms with Crippen molar-refractivity contribution in [2.24, 2.45) is 0 Å². The van der Waals surface area contributed by atoms with Crippen molar-refractivity contribution in [3.63, 3.8) is 0 Å². The van der Waals surface area contributed by atoms with Crippen molar-refractivity contribution in [2.45, 2.75) is 39.5 Å². The second-order valence-electron chi connectivity index (χ2n) is 7.58. The molecule has 0 atom stereocenters. The molecule has 0 unspecified atom stereocenters. The Morgan fingerprint density at radius 1 is 0.575 bits per heavy atom. The van der Waals surface area contributed by atoms with E-state index in [9.17, 15) is 19.2 Å². The first-order valence-electron chi connectivity index (χ1n) is 12.3. The Morgan fingerprint density at radius 2 is 1.00 bits per heavy atom. The summed E-state index contributed by atoms with van der Waals surface area (Å²) in [5.74, 6) is -0.845. The van der Waals surface area contributed by atoms with Crippen molar-refractivity contribution in [3.05, 3.63) is 59.7 Å². The standard InChI is InChI=1S/C26H30O14/c1-3-31-21-13-9-11-19(17-21)23(27)35-39-37-25(29)33-15-7-5-6-8-16-34-26(30)38-40-36-24(28)20-12-10-14-22(18-20)32-4-2/h9-14,17-18H,3-8,15-16H2,1-2H3. The molecule has 0 aliphatic rings. The largest absolute Gasteiger partial charge is 0.543 e. The quantitative estimate of drug-likeness (QED) is 0.108. The number of carbonyl (C=O) groups is 4. The lowest BCUT2D eigenvalue weighted by molar-refractivity contribution is -0.452. The van der Waals surface area contributed by atoms with E-state index in [0.29, 0.717) is 50.4 Å². The van der Waals surface area contributed by atoms with E-state index in [1.807, 2.05) is 0 Å². The lowest BCUT2D eigenvalue weighted by atomic mass is 10.2. The third-order valence-electron chi connectivity index (χ3n) is 4.66. The van der Waals surface area contributed by atoms with E-state index in [-0.39, 0.29) is 24.3 Å². The summed E-state index contributed by atoms with van der Waals surface area (Å²) in [5, 5.41) is 8.31. The van der Waals surface area contributed by atoms with Gasteiger partial charge in [0.2, 0.25) is 0 Å². The summed E-state index contributed by atoms with van der Waals surface area (Å²) in [6.07, 6.45) is -0.159. The topological polar surface area (TPSA) is 161 Å². The van der Waals surface area contributed by atoms with Gasteiger partial charge in [0, 0.05) is 0 Å². The highest BCUT2D eigenvalue weighted by Gasteiger charge is 2.14. The molecule has 0 aliphatic carbocycles. The summed E-state index contributed by atoms with van der Waals surface area (Å²) < 4.78 is 20.1. The normalized spacial score (nSPS) is 10.2. The predicted molar refractivity (Wildman–Crippen MR) is 132 cm³/mol. The fraction of sp³-hybridized carbons (Fsp3) is 0.385. The number of rotatable bonds is 17. The highest BCUT2D eigenvalue weighted by Crippen LogP contribution is 2.15. The zero-order valence-electron chi connectivity index (χ0n) is 22.0. The molecule has 2 aromatic carbocycles. The molecule has 0 saturated carbocycles. The molecular formula is C26H30O14. The van der Waals surface area contributed by atoms with Crippen LogP contribution in [0.4, 0.5) is 9.59 Å². The number of hydrogen-bond donors (Lipinski definition) is 0. The van der Waals surface area contributed by atoms with Gasteiger partial charge in [-0.1, -0.05) is 12.1 Å². The molecule has 2 rings (SSSR count). The molecule has 0 aliphatic heterocycles. The number of ether oxygens (including phenoxy) is 4. The Hall–Kier alpha value is -4.56. The maximum Gasteiger partial charge on any atom is 0.543 e. The maximum absolute atomic E-state index is 11.9. The van der Waals surface area contributed by atoms with E-state index in [1.165, 1.54) is 24.3 Å². The Balaban J connectivity index is 1.44. The Kier molecular flexibility index (Phi) is 14.8. The van der Waals surface area contributed by atoms with E-state index in [2.05, 4.69) is 29.6 Å². The Labute approximate surface area is 229 Å². The number of carbonyl (C=O) groups excluding carboxylic acids is 4. The van der Waals surface area contributed by atoms with Gasteiger partial charge in [-0.3, -0.25) is 9.78 Å². The molecule has 40 heavy (non-hydrogen) atoms. The molecule has 0 spiro atoms. The molecule has 0 N–H and O–H groups in total. The van der Waals surface area contributed by atoms with Crippen LogP contribution in [0.15, 0.2) is 48.5 Å². The first-order chi connectivity index (χ1) is 19.4. The minimum absolute atomic E-state index is 0.0160. The van der Waals surface area contributed by atoms with E-state index >= 15 is 0 Å². The van der Waals surface area contributed by atoms with E-state index in [1.54, 1.807) is 38.1 Å². The van der Waals surface area contributed by atoms with Crippen molar-refractivity contribution in [3.8, 4) is 11.5 Å². The molecule has 0 amide bonds. The molecule has 14 heteroatoms. The minimum Gasteiger partial charge on any atom is -0.494 e. The van der Waals surface area contributed by atoms with Gasteiger partial charge in [0.05, 0.1) is 47.6 Å². The van der Waals surface area contributed by atoms with Crippen molar-refractivity contribution < 1.29 is 67.8 Å². The van der Waals surface area contributed by atoms with Crippen LogP contribution >= 0.6 is 0 Å². The van der Waals surface area contributed by atoms with Crippen LogP contribution in [0.5, 0.6) is 11.5 Å². The van der Waals surface area contributed by atoms with E-state index < -0.39 is 24.2 Å². The first kappa shape index (κ1) is 31.7. The van der Waals surface area contributed by atoms with Gasteiger partial charge in [0.25, 0.3) is 0 Å². The van der Waals surface area contributed by atoms with Crippen LogP contribution in [0.2, 0.25) is 0 Å². The lowest BCUT2D eigenvalue weighted by Crippen LogP contribution is -2.13. The predicted octanol–water partition coefficient (Wildman–Crippen LogP) is 5.06. The van der Waals surface area contributed by atoms with Crippen molar-refractivity contribution in [2.75, 3.05) is 26.4 Å². The lowest BCUT2D eigenvalue weighted by Gasteiger charge is -2.06. The first-order valence-corrected chi connectivity index (χ1v) is 12.3. The SMILES string of the molecule is CCOc1cccc(C(=O)OOOC(=O)OCCCCCCOC(=O)OOOC(=O)c2cccc(OCC)c2)c1. The zero-order chi connectivity index (χ0) is 29.0. The van der Waals surface area contributed by atoms with Crippen LogP contribution < -0.4 is 9.47 Å². The van der Waals surface area contributed by atoms with Crippen LogP contribution in [-0.2, 0) is 39.1 Å². The van der Waals surface area contributed by atoms with Crippen LogP contribution in [0.1, 0.15) is 60.2 Å². The van der Waals surface area contributed by atoms with Gasteiger partial charge in [0.1, 0.15) is 11.5 Å². The fourth-order valence-corrected chi connectivity index (χ4v) is 2.92. The van der Waals surface area contributed by atoms with E-state index in [0.717, 1.165) is 0 Å². The van der Waals surface area contributed by atoms with Crippen molar-refractivity contribution in [1.29, 1.82) is 0 Å². The smallest absolute Gasteiger partial charge is 0.494 e. The van der Waals surface area contributed by atoms with Gasteiger partial charge in [-0.05, 0) is 75.9 Å². The number of benzene rings is 2. The van der Waals surface area contributed by atoms with Crippen molar-refractivity contribution in [1.82, 2.24) is 0 Å². The third-order valence-corrected chi connectivity index (χ3v) is 4.66. The van der Waals surface area contributed by atoms with Gasteiger partial charge in [-0.2, -0.15) is 0 Å². The zero-order valence-corrected chi connectivity index (χ0v) is 22.0. The molecule has 0 saturated heterocycles. The van der Waals surface area contributed by atoms with Crippen LogP contribution in [-0.4, -0.2) is 50.7 Å². The van der Waals surface area contributed by atoms with Crippen LogP contribution in [0.25, 0.3) is 0 Å². The van der Waals surface area contributed by atoms with Crippen molar-refractivity contribution >= 4 is 24.2 Å². The number of hydrogen-bond acceptors (Lipinski definition) is 14. The second kappa shape index (κ2) is 18.7. The molecule has 0 bridgehead atoms. The minimum atomic E-state index is -1.19. The van der Waals surface area contributed by atoms with Crippen LogP contribution in [0.3, 0.4) is 0 Å². The Bertz CT molecular complexity index is 1000. The molecular weight excluding hydrogens is 536 g/mol. The summed E-state index contributed by atoms with van der Waals surface area (Å²) in [4.78, 5) is 63.9. The fourth-order valence-electron chi connectivity index (χ4n) is 2.92. The average Bonchev–Trinajstić information content (AvgIpc) is 2.95. The van der Waals surface area contributed by atoms with Gasteiger partial charge >= 0.3 is 24.2 Å². The summed E-state index contributed by atoms with van der Waals surface area (Å²) in [7, 11) is 0. The summed E-state index contributed by atoms with van der Waals surface area (Å²) in [6, 6.07) is 12.3. The molecule has 0 aromatic heterocycles.